The highest BCUT2D eigenvalue weighted by Crippen LogP contribution is 2.17. The lowest BCUT2D eigenvalue weighted by Crippen LogP contribution is -2.42. The van der Waals surface area contributed by atoms with Crippen LogP contribution in [0.25, 0.3) is 0 Å². The minimum atomic E-state index is -0.350. The molecule has 2 N–H and O–H groups in total. The van der Waals surface area contributed by atoms with Crippen LogP contribution in [0.15, 0.2) is 29.6 Å². The van der Waals surface area contributed by atoms with Gasteiger partial charge < -0.3 is 25.2 Å². The Hall–Kier alpha value is -2.98. The Kier molecular flexibility index (Phi) is 9.61. The van der Waals surface area contributed by atoms with E-state index in [4.69, 9.17) is 4.74 Å². The summed E-state index contributed by atoms with van der Waals surface area (Å²) in [4.78, 5) is 45.2. The van der Waals surface area contributed by atoms with Gasteiger partial charge in [0.25, 0.3) is 5.91 Å². The molecular formula is C22H31N5O4S. The molecule has 0 fully saturated rings. The molecule has 3 amide bonds. The maximum atomic E-state index is 12.9. The van der Waals surface area contributed by atoms with Crippen molar-refractivity contribution in [3.8, 4) is 5.75 Å². The van der Waals surface area contributed by atoms with Crippen LogP contribution in [0.5, 0.6) is 5.75 Å². The SMILES string of the molecule is COc1ccc(C(=O)N(CC(=O)Nc2nc(CC(=O)NCCN(C)C)cs2)C(C)C)cc1. The number of nitrogens with zero attached hydrogens (tertiary/aromatic N) is 3. The van der Waals surface area contributed by atoms with Gasteiger partial charge in [-0.3, -0.25) is 14.4 Å². The third-order valence-electron chi connectivity index (χ3n) is 4.56. The number of nitrogens with one attached hydrogen (secondary N) is 2. The molecule has 0 bridgehead atoms. The quantitative estimate of drug-likeness (QED) is 0.529. The number of methoxy groups -OCH3 is 1. The van der Waals surface area contributed by atoms with Crippen LogP contribution in [0, 0.1) is 0 Å². The second-order valence-corrected chi connectivity index (χ2v) is 8.64. The maximum absolute atomic E-state index is 12.9. The van der Waals surface area contributed by atoms with Gasteiger partial charge in [0.2, 0.25) is 11.8 Å². The van der Waals surface area contributed by atoms with Crippen molar-refractivity contribution in [3.63, 3.8) is 0 Å². The van der Waals surface area contributed by atoms with Gasteiger partial charge in [-0.2, -0.15) is 0 Å². The monoisotopic (exact) mass is 461 g/mol. The predicted molar refractivity (Wildman–Crippen MR) is 125 cm³/mol. The number of likely N-dealkylation sites (N-methyl/N-ethyl adjacent to an activating group) is 1. The van der Waals surface area contributed by atoms with Crippen LogP contribution in [0.4, 0.5) is 5.13 Å². The van der Waals surface area contributed by atoms with E-state index in [1.165, 1.54) is 16.2 Å². The van der Waals surface area contributed by atoms with Crippen LogP contribution in [-0.2, 0) is 16.0 Å². The standard InChI is InChI=1S/C22H31N5O4S/c1-15(2)27(21(30)16-6-8-18(31-5)9-7-16)13-20(29)25-22-24-17(14-32-22)12-19(28)23-10-11-26(3)4/h6-9,14-15H,10-13H2,1-5H3,(H,23,28)(H,24,25,29). The average molecular weight is 462 g/mol. The van der Waals surface area contributed by atoms with E-state index in [0.717, 1.165) is 6.54 Å². The molecule has 10 heteroatoms. The fraction of sp³-hybridized carbons (Fsp3) is 0.455. The second-order valence-electron chi connectivity index (χ2n) is 7.78. The molecule has 2 rings (SSSR count). The van der Waals surface area contributed by atoms with Crippen molar-refractivity contribution in [1.29, 1.82) is 0 Å². The first-order chi connectivity index (χ1) is 15.2. The molecule has 2 aromatic rings. The van der Waals surface area contributed by atoms with Crippen LogP contribution in [-0.4, -0.2) is 79.4 Å². The minimum Gasteiger partial charge on any atom is -0.497 e. The van der Waals surface area contributed by atoms with E-state index in [2.05, 4.69) is 15.6 Å². The van der Waals surface area contributed by atoms with Crippen LogP contribution < -0.4 is 15.4 Å². The normalized spacial score (nSPS) is 10.8. The maximum Gasteiger partial charge on any atom is 0.254 e. The lowest BCUT2D eigenvalue weighted by Gasteiger charge is -2.26. The number of anilines is 1. The van der Waals surface area contributed by atoms with E-state index in [1.54, 1.807) is 36.8 Å². The Balaban J connectivity index is 1.92. The number of carbonyl (C=O) groups excluding carboxylic acids is 3. The number of rotatable bonds is 11. The van der Waals surface area contributed by atoms with E-state index < -0.39 is 0 Å². The predicted octanol–water partition coefficient (Wildman–Crippen LogP) is 1.86. The molecule has 0 aliphatic carbocycles. The summed E-state index contributed by atoms with van der Waals surface area (Å²) in [6.07, 6.45) is 0.147. The first kappa shape index (κ1) is 25.3. The lowest BCUT2D eigenvalue weighted by atomic mass is 10.1. The van der Waals surface area contributed by atoms with Gasteiger partial charge >= 0.3 is 0 Å². The molecule has 0 aliphatic heterocycles. The smallest absolute Gasteiger partial charge is 0.254 e. The third kappa shape index (κ3) is 7.93. The van der Waals surface area contributed by atoms with Gasteiger partial charge in [0, 0.05) is 30.1 Å². The molecule has 0 aliphatic rings. The van der Waals surface area contributed by atoms with Crippen molar-refractivity contribution in [2.24, 2.45) is 0 Å². The molecule has 0 saturated heterocycles. The summed E-state index contributed by atoms with van der Waals surface area (Å²) in [6, 6.07) is 6.59. The van der Waals surface area contributed by atoms with Gasteiger partial charge in [-0.15, -0.1) is 11.3 Å². The van der Waals surface area contributed by atoms with Crippen LogP contribution in [0.2, 0.25) is 0 Å². The van der Waals surface area contributed by atoms with Gasteiger partial charge in [0.05, 0.1) is 19.2 Å². The second kappa shape index (κ2) is 12.2. The number of benzene rings is 1. The van der Waals surface area contributed by atoms with Crippen molar-refractivity contribution < 1.29 is 19.1 Å². The summed E-state index contributed by atoms with van der Waals surface area (Å²) >= 11 is 1.24. The van der Waals surface area contributed by atoms with Crippen molar-refractivity contribution in [2.45, 2.75) is 26.3 Å². The molecule has 1 heterocycles. The number of hydrogen-bond acceptors (Lipinski definition) is 7. The zero-order chi connectivity index (χ0) is 23.7. The number of ether oxygens (including phenoxy) is 1. The lowest BCUT2D eigenvalue weighted by molar-refractivity contribution is -0.120. The summed E-state index contributed by atoms with van der Waals surface area (Å²) in [7, 11) is 5.43. The molecule has 1 aromatic heterocycles. The molecular weight excluding hydrogens is 430 g/mol. The van der Waals surface area contributed by atoms with Gasteiger partial charge in [-0.1, -0.05) is 0 Å². The molecule has 0 spiro atoms. The molecule has 9 nitrogen and oxygen atoms in total. The van der Waals surface area contributed by atoms with E-state index in [9.17, 15) is 14.4 Å². The molecule has 0 atom stereocenters. The van der Waals surface area contributed by atoms with Crippen LogP contribution in [0.3, 0.4) is 0 Å². The zero-order valence-corrected chi connectivity index (χ0v) is 20.0. The van der Waals surface area contributed by atoms with Crippen molar-refractivity contribution in [1.82, 2.24) is 20.1 Å². The highest BCUT2D eigenvalue weighted by Gasteiger charge is 2.22. The highest BCUT2D eigenvalue weighted by atomic mass is 32.1. The van der Waals surface area contributed by atoms with Crippen molar-refractivity contribution in [3.05, 3.63) is 40.9 Å². The summed E-state index contributed by atoms with van der Waals surface area (Å²) in [6.45, 7) is 4.91. The highest BCUT2D eigenvalue weighted by molar-refractivity contribution is 7.13. The van der Waals surface area contributed by atoms with Gasteiger partial charge in [0.15, 0.2) is 5.13 Å². The Labute approximate surface area is 192 Å². The molecule has 1 aromatic carbocycles. The minimum absolute atomic E-state index is 0.109. The van der Waals surface area contributed by atoms with Crippen molar-refractivity contribution in [2.75, 3.05) is 46.2 Å². The van der Waals surface area contributed by atoms with Gasteiger partial charge in [0.1, 0.15) is 12.3 Å². The molecule has 0 unspecified atom stereocenters. The van der Waals surface area contributed by atoms with E-state index in [0.29, 0.717) is 28.7 Å². The first-order valence-electron chi connectivity index (χ1n) is 10.3. The summed E-state index contributed by atoms with van der Waals surface area (Å²) in [5.41, 5.74) is 1.06. The Morgan fingerprint density at radius 2 is 1.81 bits per heavy atom. The largest absolute Gasteiger partial charge is 0.497 e. The third-order valence-corrected chi connectivity index (χ3v) is 5.36. The molecule has 0 radical (unpaired) electrons. The number of hydrogen-bond donors (Lipinski definition) is 2. The number of amides is 3. The fourth-order valence-corrected chi connectivity index (χ4v) is 3.52. The average Bonchev–Trinajstić information content (AvgIpc) is 3.17. The summed E-state index contributed by atoms with van der Waals surface area (Å²) in [5, 5.41) is 7.69. The van der Waals surface area contributed by atoms with E-state index in [-0.39, 0.29) is 36.7 Å². The summed E-state index contributed by atoms with van der Waals surface area (Å²) < 4.78 is 5.12. The topological polar surface area (TPSA) is 104 Å². The Bertz CT molecular complexity index is 911. The number of carbonyl (C=O) groups is 3. The number of thiazole rings is 1. The Morgan fingerprint density at radius 3 is 2.41 bits per heavy atom. The van der Waals surface area contributed by atoms with Crippen molar-refractivity contribution >= 4 is 34.2 Å². The molecule has 174 valence electrons. The fourth-order valence-electron chi connectivity index (χ4n) is 2.79. The van der Waals surface area contributed by atoms with Gasteiger partial charge in [-0.25, -0.2) is 4.98 Å². The van der Waals surface area contributed by atoms with E-state index >= 15 is 0 Å². The Morgan fingerprint density at radius 1 is 1.12 bits per heavy atom. The molecule has 0 saturated carbocycles. The van der Waals surface area contributed by atoms with Crippen LogP contribution >= 0.6 is 11.3 Å². The van der Waals surface area contributed by atoms with E-state index in [1.807, 2.05) is 32.8 Å². The van der Waals surface area contributed by atoms with Gasteiger partial charge in [-0.05, 0) is 52.2 Å². The molecule has 32 heavy (non-hydrogen) atoms. The zero-order valence-electron chi connectivity index (χ0n) is 19.2. The summed E-state index contributed by atoms with van der Waals surface area (Å²) in [5.74, 6) is -0.0589. The first-order valence-corrected chi connectivity index (χ1v) is 11.2. The number of aromatic nitrogens is 1. The van der Waals surface area contributed by atoms with Crippen LogP contribution in [0.1, 0.15) is 29.9 Å².